The lowest BCUT2D eigenvalue weighted by Gasteiger charge is -2.27. The van der Waals surface area contributed by atoms with Gasteiger partial charge >= 0.3 is 0 Å². The highest BCUT2D eigenvalue weighted by molar-refractivity contribution is 5.85. The van der Waals surface area contributed by atoms with Gasteiger partial charge in [0.2, 0.25) is 5.96 Å². The van der Waals surface area contributed by atoms with Crippen LogP contribution in [-0.4, -0.2) is 43.9 Å². The molecule has 0 aliphatic carbocycles. The van der Waals surface area contributed by atoms with Gasteiger partial charge in [-0.25, -0.2) is 9.98 Å². The minimum absolute atomic E-state index is 0.649. The van der Waals surface area contributed by atoms with Crippen LogP contribution in [0.5, 0.6) is 0 Å². The molecular formula is C9H15N3O. The van der Waals surface area contributed by atoms with Gasteiger partial charge in [0, 0.05) is 18.8 Å². The van der Waals surface area contributed by atoms with Crippen LogP contribution in [0.2, 0.25) is 0 Å². The Morgan fingerprint density at radius 3 is 2.46 bits per heavy atom. The fraction of sp³-hybridized carbons (Fsp3) is 0.556. The molecule has 1 fully saturated rings. The predicted molar refractivity (Wildman–Crippen MR) is 54.2 cm³/mol. The zero-order valence-corrected chi connectivity index (χ0v) is 7.99. The Labute approximate surface area is 78.6 Å². The Bertz CT molecular complexity index is 229. The molecule has 1 rings (SSSR count). The van der Waals surface area contributed by atoms with Gasteiger partial charge in [-0.15, -0.1) is 0 Å². The van der Waals surface area contributed by atoms with Crippen molar-refractivity contribution in [1.82, 2.24) is 4.90 Å². The first-order chi connectivity index (χ1) is 6.24. The molecular weight excluding hydrogens is 166 g/mol. The molecule has 0 bridgehead atoms. The highest BCUT2D eigenvalue weighted by Crippen LogP contribution is 2.02. The van der Waals surface area contributed by atoms with E-state index in [1.807, 2.05) is 11.8 Å². The monoisotopic (exact) mass is 181 g/mol. The molecule has 0 amide bonds. The third-order valence-corrected chi connectivity index (χ3v) is 1.73. The summed E-state index contributed by atoms with van der Waals surface area (Å²) in [6.45, 7) is 12.1. The fourth-order valence-electron chi connectivity index (χ4n) is 1.14. The summed E-state index contributed by atoms with van der Waals surface area (Å²) in [6, 6.07) is 0. The zero-order chi connectivity index (χ0) is 9.68. The second-order valence-corrected chi connectivity index (χ2v) is 2.90. The molecule has 0 radical (unpaired) electrons. The van der Waals surface area contributed by atoms with Crippen LogP contribution in [0.15, 0.2) is 22.3 Å². The summed E-state index contributed by atoms with van der Waals surface area (Å²) in [5.41, 5.74) is 0.744. The predicted octanol–water partition coefficient (Wildman–Crippen LogP) is 0.909. The highest BCUT2D eigenvalue weighted by atomic mass is 16.5. The number of hydrogen-bond donors (Lipinski definition) is 0. The summed E-state index contributed by atoms with van der Waals surface area (Å²) < 4.78 is 5.22. The van der Waals surface area contributed by atoms with Crippen LogP contribution < -0.4 is 0 Å². The standard InChI is InChI=1S/C9H15N3O/c1-8(2)11-9(10-3)12-4-6-13-7-5-12/h1,3-7H2,2H3. The Balaban J connectivity index is 2.64. The lowest BCUT2D eigenvalue weighted by Crippen LogP contribution is -2.39. The summed E-state index contributed by atoms with van der Waals surface area (Å²) in [5, 5.41) is 0. The third-order valence-electron chi connectivity index (χ3n) is 1.73. The third kappa shape index (κ3) is 2.99. The SMILES string of the molecule is C=NC(=NC(=C)C)N1CCOCC1. The maximum absolute atomic E-state index is 5.22. The molecule has 0 N–H and O–H groups in total. The van der Waals surface area contributed by atoms with Crippen LogP contribution in [-0.2, 0) is 4.74 Å². The number of guanidine groups is 1. The topological polar surface area (TPSA) is 37.2 Å². The lowest BCUT2D eigenvalue weighted by atomic mass is 10.4. The largest absolute Gasteiger partial charge is 0.378 e. The van der Waals surface area contributed by atoms with Crippen LogP contribution in [0, 0.1) is 0 Å². The van der Waals surface area contributed by atoms with E-state index >= 15 is 0 Å². The van der Waals surface area contributed by atoms with Gasteiger partial charge in [-0.2, -0.15) is 0 Å². The lowest BCUT2D eigenvalue weighted by molar-refractivity contribution is 0.0676. The molecule has 4 heteroatoms. The second-order valence-electron chi connectivity index (χ2n) is 2.90. The van der Waals surface area contributed by atoms with E-state index in [1.54, 1.807) is 0 Å². The van der Waals surface area contributed by atoms with Gasteiger partial charge in [0.15, 0.2) is 0 Å². The maximum atomic E-state index is 5.22. The number of hydrogen-bond acceptors (Lipinski definition) is 2. The summed E-state index contributed by atoms with van der Waals surface area (Å²) in [6.07, 6.45) is 0. The van der Waals surface area contributed by atoms with Crippen molar-refractivity contribution in [2.24, 2.45) is 9.98 Å². The number of morpholine rings is 1. The molecule has 1 saturated heterocycles. The molecule has 0 aromatic rings. The quantitative estimate of drug-likeness (QED) is 0.445. The molecule has 1 heterocycles. The van der Waals surface area contributed by atoms with Crippen LogP contribution in [0.4, 0.5) is 0 Å². The summed E-state index contributed by atoms with van der Waals surface area (Å²) in [7, 11) is 0. The van der Waals surface area contributed by atoms with Gasteiger partial charge < -0.3 is 9.64 Å². The van der Waals surface area contributed by atoms with Crippen molar-refractivity contribution >= 4 is 12.7 Å². The number of allylic oxidation sites excluding steroid dienone is 1. The van der Waals surface area contributed by atoms with E-state index in [2.05, 4.69) is 23.3 Å². The molecule has 4 nitrogen and oxygen atoms in total. The summed E-state index contributed by atoms with van der Waals surface area (Å²) in [5.74, 6) is 0.649. The fourth-order valence-corrected chi connectivity index (χ4v) is 1.14. The molecule has 72 valence electrons. The summed E-state index contributed by atoms with van der Waals surface area (Å²) in [4.78, 5) is 10.1. The molecule has 0 saturated carbocycles. The van der Waals surface area contributed by atoms with Crippen LogP contribution >= 0.6 is 0 Å². The van der Waals surface area contributed by atoms with Crippen LogP contribution in [0.25, 0.3) is 0 Å². The zero-order valence-electron chi connectivity index (χ0n) is 7.99. The van der Waals surface area contributed by atoms with Crippen molar-refractivity contribution in [1.29, 1.82) is 0 Å². The molecule has 0 aromatic heterocycles. The van der Waals surface area contributed by atoms with E-state index in [-0.39, 0.29) is 0 Å². The summed E-state index contributed by atoms with van der Waals surface area (Å²) >= 11 is 0. The van der Waals surface area contributed by atoms with Crippen molar-refractivity contribution in [3.8, 4) is 0 Å². The van der Waals surface area contributed by atoms with Gasteiger partial charge in [-0.05, 0) is 13.6 Å². The van der Waals surface area contributed by atoms with E-state index in [0.717, 1.165) is 32.0 Å². The highest BCUT2D eigenvalue weighted by Gasteiger charge is 2.13. The average molecular weight is 181 g/mol. The Kier molecular flexibility index (Phi) is 3.64. The van der Waals surface area contributed by atoms with Crippen molar-refractivity contribution in [2.45, 2.75) is 6.92 Å². The van der Waals surface area contributed by atoms with Gasteiger partial charge in [0.1, 0.15) is 0 Å². The minimum atomic E-state index is 0.649. The van der Waals surface area contributed by atoms with Gasteiger partial charge in [0.25, 0.3) is 0 Å². The van der Waals surface area contributed by atoms with Gasteiger partial charge in [0.05, 0.1) is 13.2 Å². The number of nitrogens with zero attached hydrogens (tertiary/aromatic N) is 3. The van der Waals surface area contributed by atoms with Crippen LogP contribution in [0.1, 0.15) is 6.92 Å². The number of rotatable bonds is 1. The van der Waals surface area contributed by atoms with Gasteiger partial charge in [-0.1, -0.05) is 6.58 Å². The molecule has 0 atom stereocenters. The molecule has 13 heavy (non-hydrogen) atoms. The molecule has 1 aliphatic rings. The smallest absolute Gasteiger partial charge is 0.225 e. The molecule has 0 spiro atoms. The number of aliphatic imine (C=N–C) groups is 2. The molecule has 0 unspecified atom stereocenters. The first kappa shape index (κ1) is 9.92. The van der Waals surface area contributed by atoms with Crippen LogP contribution in [0.3, 0.4) is 0 Å². The molecule has 0 aromatic carbocycles. The van der Waals surface area contributed by atoms with E-state index in [0.29, 0.717) is 5.96 Å². The molecule has 1 aliphatic heterocycles. The Morgan fingerprint density at radius 2 is 2.00 bits per heavy atom. The minimum Gasteiger partial charge on any atom is -0.378 e. The van der Waals surface area contributed by atoms with Gasteiger partial charge in [-0.3, -0.25) is 0 Å². The maximum Gasteiger partial charge on any atom is 0.225 e. The van der Waals surface area contributed by atoms with E-state index in [4.69, 9.17) is 4.74 Å². The van der Waals surface area contributed by atoms with E-state index < -0.39 is 0 Å². The van der Waals surface area contributed by atoms with Crippen molar-refractivity contribution in [3.63, 3.8) is 0 Å². The Hall–Kier alpha value is -1.16. The first-order valence-corrected chi connectivity index (χ1v) is 4.27. The van der Waals surface area contributed by atoms with Crippen molar-refractivity contribution in [3.05, 3.63) is 12.3 Å². The Morgan fingerprint density at radius 1 is 1.38 bits per heavy atom. The number of ether oxygens (including phenoxy) is 1. The first-order valence-electron chi connectivity index (χ1n) is 4.27. The second kappa shape index (κ2) is 4.77. The normalized spacial score (nSPS) is 18.5. The average Bonchev–Trinajstić information content (AvgIpc) is 2.15. The van der Waals surface area contributed by atoms with Crippen molar-refractivity contribution in [2.75, 3.05) is 26.3 Å². The van der Waals surface area contributed by atoms with Crippen molar-refractivity contribution < 1.29 is 4.74 Å². The van der Waals surface area contributed by atoms with E-state index in [9.17, 15) is 0 Å². The van der Waals surface area contributed by atoms with E-state index in [1.165, 1.54) is 0 Å².